The first-order chi connectivity index (χ1) is 6.72. The molecule has 0 radical (unpaired) electrons. The fraction of sp³-hybridized carbons (Fsp3) is 0.375. The maximum atomic E-state index is 5.67. The summed E-state index contributed by atoms with van der Waals surface area (Å²) in [5.41, 5.74) is 6.97. The summed E-state index contributed by atoms with van der Waals surface area (Å²) in [4.78, 5) is 17.2. The van der Waals surface area contributed by atoms with E-state index in [0.717, 1.165) is 12.5 Å². The molecule has 74 valence electrons. The zero-order valence-electron chi connectivity index (χ0n) is 8.15. The van der Waals surface area contributed by atoms with Gasteiger partial charge in [-0.05, 0) is 6.92 Å². The Morgan fingerprint density at radius 1 is 1.50 bits per heavy atom. The summed E-state index contributed by atoms with van der Waals surface area (Å²) < 4.78 is 0. The van der Waals surface area contributed by atoms with Crippen LogP contribution in [0.4, 0.5) is 11.8 Å². The molecule has 3 N–H and O–H groups in total. The molecule has 0 amide bonds. The van der Waals surface area contributed by atoms with E-state index in [0.29, 0.717) is 17.0 Å². The van der Waals surface area contributed by atoms with Crippen molar-refractivity contribution in [2.24, 2.45) is 0 Å². The van der Waals surface area contributed by atoms with Gasteiger partial charge in [-0.25, -0.2) is 9.97 Å². The maximum absolute atomic E-state index is 5.67. The Labute approximate surface area is 81.2 Å². The fourth-order valence-corrected chi connectivity index (χ4v) is 1.16. The second kappa shape index (κ2) is 3.13. The third kappa shape index (κ3) is 1.24. The van der Waals surface area contributed by atoms with Gasteiger partial charge in [-0.15, -0.1) is 0 Å². The number of rotatable bonds is 2. The molecule has 2 heterocycles. The van der Waals surface area contributed by atoms with Crippen LogP contribution < -0.4 is 10.6 Å². The summed E-state index contributed by atoms with van der Waals surface area (Å²) in [6.07, 6.45) is 1.41. The molecule has 0 aliphatic heterocycles. The first-order valence-electron chi connectivity index (χ1n) is 4.39. The Bertz CT molecular complexity index is 448. The number of aromatic amines is 1. The summed E-state index contributed by atoms with van der Waals surface area (Å²) >= 11 is 0. The van der Waals surface area contributed by atoms with E-state index in [2.05, 4.69) is 19.9 Å². The zero-order chi connectivity index (χ0) is 10.1. The van der Waals surface area contributed by atoms with Gasteiger partial charge in [0.1, 0.15) is 11.8 Å². The van der Waals surface area contributed by atoms with E-state index in [1.165, 1.54) is 6.33 Å². The number of nitrogens with zero attached hydrogens (tertiary/aromatic N) is 4. The van der Waals surface area contributed by atoms with Crippen LogP contribution in [-0.2, 0) is 0 Å². The molecule has 0 saturated carbocycles. The lowest BCUT2D eigenvalue weighted by Crippen LogP contribution is -2.16. The van der Waals surface area contributed by atoms with Gasteiger partial charge in [-0.2, -0.15) is 4.98 Å². The average Bonchev–Trinajstić information content (AvgIpc) is 2.62. The van der Waals surface area contributed by atoms with Crippen molar-refractivity contribution in [2.75, 3.05) is 24.2 Å². The van der Waals surface area contributed by atoms with Crippen LogP contribution >= 0.6 is 0 Å². The van der Waals surface area contributed by atoms with Crippen LogP contribution in [0.5, 0.6) is 0 Å². The van der Waals surface area contributed by atoms with Crippen molar-refractivity contribution in [1.82, 2.24) is 19.9 Å². The monoisotopic (exact) mass is 192 g/mol. The molecular weight excluding hydrogens is 180 g/mol. The molecule has 0 unspecified atom stereocenters. The van der Waals surface area contributed by atoms with Crippen LogP contribution in [0.15, 0.2) is 6.33 Å². The highest BCUT2D eigenvalue weighted by Crippen LogP contribution is 2.17. The van der Waals surface area contributed by atoms with Crippen molar-refractivity contribution in [3.8, 4) is 0 Å². The molecule has 2 aromatic rings. The number of hydrogen-bond donors (Lipinski definition) is 2. The molecule has 0 aromatic carbocycles. The van der Waals surface area contributed by atoms with Crippen LogP contribution in [0.3, 0.4) is 0 Å². The molecule has 6 heteroatoms. The summed E-state index contributed by atoms with van der Waals surface area (Å²) in [5, 5.41) is 0. The number of imidazole rings is 1. The van der Waals surface area contributed by atoms with Crippen molar-refractivity contribution in [2.45, 2.75) is 6.92 Å². The number of nitrogens with one attached hydrogen (secondary N) is 1. The lowest BCUT2D eigenvalue weighted by molar-refractivity contribution is 0.923. The van der Waals surface area contributed by atoms with E-state index < -0.39 is 0 Å². The Morgan fingerprint density at radius 2 is 2.29 bits per heavy atom. The quantitative estimate of drug-likeness (QED) is 0.719. The summed E-state index contributed by atoms with van der Waals surface area (Å²) in [5.74, 6) is 1.19. The van der Waals surface area contributed by atoms with Crippen LogP contribution in [0.2, 0.25) is 0 Å². The minimum absolute atomic E-state index is 0.429. The van der Waals surface area contributed by atoms with Crippen molar-refractivity contribution in [3.05, 3.63) is 6.33 Å². The molecule has 0 bridgehead atoms. The van der Waals surface area contributed by atoms with E-state index in [-0.39, 0.29) is 0 Å². The van der Waals surface area contributed by atoms with Crippen LogP contribution in [0.25, 0.3) is 11.2 Å². The molecule has 0 atom stereocenters. The lowest BCUT2D eigenvalue weighted by atomic mass is 10.5. The number of fused-ring (bicyclic) bond motifs is 1. The highest BCUT2D eigenvalue weighted by molar-refractivity contribution is 5.82. The molecule has 6 nitrogen and oxygen atoms in total. The van der Waals surface area contributed by atoms with Crippen LogP contribution in [0.1, 0.15) is 6.92 Å². The predicted molar refractivity (Wildman–Crippen MR) is 55.0 cm³/mol. The second-order valence-electron chi connectivity index (χ2n) is 3.03. The Kier molecular flexibility index (Phi) is 1.95. The number of hydrogen-bond acceptors (Lipinski definition) is 5. The third-order valence-electron chi connectivity index (χ3n) is 2.14. The summed E-state index contributed by atoms with van der Waals surface area (Å²) in [6, 6.07) is 0. The molecule has 14 heavy (non-hydrogen) atoms. The highest BCUT2D eigenvalue weighted by Gasteiger charge is 2.08. The summed E-state index contributed by atoms with van der Waals surface area (Å²) in [6.45, 7) is 2.91. The number of nitrogen functional groups attached to an aromatic ring is 1. The van der Waals surface area contributed by atoms with Crippen LogP contribution in [-0.4, -0.2) is 33.5 Å². The Hall–Kier alpha value is -1.85. The molecular formula is C8H12N6. The lowest BCUT2D eigenvalue weighted by Gasteiger charge is -2.11. The zero-order valence-corrected chi connectivity index (χ0v) is 8.15. The molecule has 2 rings (SSSR count). The van der Waals surface area contributed by atoms with Gasteiger partial charge in [0.05, 0.1) is 0 Å². The minimum atomic E-state index is 0.429. The van der Waals surface area contributed by atoms with Crippen LogP contribution in [0, 0.1) is 0 Å². The van der Waals surface area contributed by atoms with E-state index in [1.807, 2.05) is 18.9 Å². The predicted octanol–water partition coefficient (Wildman–Crippen LogP) is 0.391. The van der Waals surface area contributed by atoms with Crippen molar-refractivity contribution >= 4 is 22.9 Å². The van der Waals surface area contributed by atoms with Gasteiger partial charge in [-0.1, -0.05) is 0 Å². The van der Waals surface area contributed by atoms with Gasteiger partial charge in [0.2, 0.25) is 5.95 Å². The molecule has 0 spiro atoms. The number of anilines is 2. The van der Waals surface area contributed by atoms with E-state index in [9.17, 15) is 0 Å². The van der Waals surface area contributed by atoms with Gasteiger partial charge in [0, 0.05) is 13.6 Å². The number of aromatic nitrogens is 4. The normalized spacial score (nSPS) is 10.7. The summed E-state index contributed by atoms with van der Waals surface area (Å²) in [7, 11) is 1.95. The first-order valence-corrected chi connectivity index (χ1v) is 4.39. The second-order valence-corrected chi connectivity index (χ2v) is 3.03. The van der Waals surface area contributed by atoms with Gasteiger partial charge < -0.3 is 15.6 Å². The standard InChI is InChI=1S/C8H12N6/c1-3-14(2)8-12-5-6(9)10-4-11-7(5)13-8/h4H,3H2,1-2H3,(H3,9,10,11,12,13). The van der Waals surface area contributed by atoms with Crippen molar-refractivity contribution in [1.29, 1.82) is 0 Å². The Balaban J connectivity index is 2.56. The van der Waals surface area contributed by atoms with Crippen molar-refractivity contribution < 1.29 is 0 Å². The molecule has 0 fully saturated rings. The fourth-order valence-electron chi connectivity index (χ4n) is 1.16. The highest BCUT2D eigenvalue weighted by atomic mass is 15.3. The molecule has 2 aromatic heterocycles. The van der Waals surface area contributed by atoms with Crippen molar-refractivity contribution in [3.63, 3.8) is 0 Å². The van der Waals surface area contributed by atoms with E-state index >= 15 is 0 Å². The molecule has 0 aliphatic rings. The first kappa shape index (κ1) is 8.74. The largest absolute Gasteiger partial charge is 0.382 e. The smallest absolute Gasteiger partial charge is 0.205 e. The Morgan fingerprint density at radius 3 is 2.93 bits per heavy atom. The SMILES string of the molecule is CCN(C)c1nc2ncnc(N)c2[nH]1. The minimum Gasteiger partial charge on any atom is -0.382 e. The molecule has 0 saturated heterocycles. The number of nitrogens with two attached hydrogens (primary N) is 1. The van der Waals surface area contributed by atoms with E-state index in [4.69, 9.17) is 5.73 Å². The van der Waals surface area contributed by atoms with Gasteiger partial charge in [0.15, 0.2) is 11.5 Å². The topological polar surface area (TPSA) is 83.7 Å². The van der Waals surface area contributed by atoms with E-state index in [1.54, 1.807) is 0 Å². The van der Waals surface area contributed by atoms with Gasteiger partial charge >= 0.3 is 0 Å². The molecule has 0 aliphatic carbocycles. The van der Waals surface area contributed by atoms with Gasteiger partial charge in [-0.3, -0.25) is 0 Å². The third-order valence-corrected chi connectivity index (χ3v) is 2.14. The van der Waals surface area contributed by atoms with Gasteiger partial charge in [0.25, 0.3) is 0 Å². The average molecular weight is 192 g/mol. The maximum Gasteiger partial charge on any atom is 0.205 e. The number of H-pyrrole nitrogens is 1.